The van der Waals surface area contributed by atoms with Crippen LogP contribution in [0.3, 0.4) is 0 Å². The van der Waals surface area contributed by atoms with Crippen molar-refractivity contribution in [2.24, 2.45) is 10.9 Å². The highest BCUT2D eigenvalue weighted by molar-refractivity contribution is 7.89. The fourth-order valence-electron chi connectivity index (χ4n) is 3.52. The predicted molar refractivity (Wildman–Crippen MR) is 103 cm³/mol. The number of hydrogen-bond acceptors (Lipinski definition) is 6. The molecule has 0 bridgehead atoms. The van der Waals surface area contributed by atoms with Gasteiger partial charge in [0.15, 0.2) is 5.76 Å². The van der Waals surface area contributed by atoms with Crippen LogP contribution in [0, 0.1) is 19.8 Å². The van der Waals surface area contributed by atoms with E-state index >= 15 is 0 Å². The molecule has 9 heteroatoms. The minimum absolute atomic E-state index is 0.0456. The highest BCUT2D eigenvalue weighted by Crippen LogP contribution is 2.28. The Balaban J connectivity index is 1.90. The Bertz CT molecular complexity index is 1020. The van der Waals surface area contributed by atoms with Crippen LogP contribution < -0.4 is 5.49 Å². The van der Waals surface area contributed by atoms with Crippen molar-refractivity contribution < 1.29 is 17.7 Å². The summed E-state index contributed by atoms with van der Waals surface area (Å²) in [4.78, 5) is 17.7. The molecule has 1 aliphatic heterocycles. The number of aromatic nitrogens is 2. The molecule has 1 saturated heterocycles. The molecule has 3 rings (SSSR count). The van der Waals surface area contributed by atoms with Gasteiger partial charge >= 0.3 is 0 Å². The standard InChI is InChI=1S/C19H26N4O4S/c1-13(2)20-17-9-5-6-11-23(17)19(24)16-8-7-10-22(12-16)28(25,26)18-14(3)21-27-15(18)4/h5-6,9,11,13,16H,7-8,10,12H2,1-4H3. The van der Waals surface area contributed by atoms with Gasteiger partial charge in [0.2, 0.25) is 15.9 Å². The largest absolute Gasteiger partial charge is 0.360 e. The van der Waals surface area contributed by atoms with Crippen LogP contribution in [-0.4, -0.2) is 47.5 Å². The van der Waals surface area contributed by atoms with Crippen molar-refractivity contribution in [3.8, 4) is 0 Å². The van der Waals surface area contributed by atoms with Crippen LogP contribution in [0.4, 0.5) is 0 Å². The molecule has 152 valence electrons. The van der Waals surface area contributed by atoms with Gasteiger partial charge in [0, 0.05) is 25.3 Å². The predicted octanol–water partition coefficient (Wildman–Crippen LogP) is 2.14. The van der Waals surface area contributed by atoms with Gasteiger partial charge in [-0.05, 0) is 52.7 Å². The number of piperidine rings is 1. The number of sulfonamides is 1. The number of nitrogens with zero attached hydrogens (tertiary/aromatic N) is 4. The Morgan fingerprint density at radius 1 is 1.32 bits per heavy atom. The molecule has 8 nitrogen and oxygen atoms in total. The van der Waals surface area contributed by atoms with Gasteiger partial charge in [0.1, 0.15) is 16.1 Å². The fraction of sp³-hybridized carbons (Fsp3) is 0.526. The number of rotatable bonds is 4. The number of hydrogen-bond donors (Lipinski definition) is 0. The van der Waals surface area contributed by atoms with Crippen LogP contribution in [0.5, 0.6) is 0 Å². The van der Waals surface area contributed by atoms with E-state index in [2.05, 4.69) is 10.1 Å². The van der Waals surface area contributed by atoms with Crippen molar-refractivity contribution in [1.82, 2.24) is 14.0 Å². The van der Waals surface area contributed by atoms with Gasteiger partial charge in [0.05, 0.1) is 5.92 Å². The Hall–Kier alpha value is -2.26. The second-order valence-electron chi connectivity index (χ2n) is 7.35. The first-order chi connectivity index (χ1) is 13.2. The topological polar surface area (TPSA) is 97.8 Å². The van der Waals surface area contributed by atoms with Crippen molar-refractivity contribution in [2.45, 2.75) is 51.5 Å². The molecule has 0 spiro atoms. The SMILES string of the molecule is Cc1noc(C)c1S(=O)(=O)N1CCCC(C(=O)n2ccccc2=NC(C)C)C1. The lowest BCUT2D eigenvalue weighted by Crippen LogP contribution is -2.45. The first-order valence-corrected chi connectivity index (χ1v) is 10.8. The van der Waals surface area contributed by atoms with E-state index in [1.165, 1.54) is 8.87 Å². The monoisotopic (exact) mass is 406 g/mol. The molecule has 1 atom stereocenters. The molecular weight excluding hydrogens is 380 g/mol. The van der Waals surface area contributed by atoms with Gasteiger partial charge in [-0.25, -0.2) is 8.42 Å². The van der Waals surface area contributed by atoms with Gasteiger partial charge in [-0.2, -0.15) is 4.31 Å². The quantitative estimate of drug-likeness (QED) is 0.775. The summed E-state index contributed by atoms with van der Waals surface area (Å²) in [7, 11) is -3.77. The van der Waals surface area contributed by atoms with Gasteiger partial charge in [-0.15, -0.1) is 0 Å². The molecule has 0 N–H and O–H groups in total. The molecule has 0 amide bonds. The summed E-state index contributed by atoms with van der Waals surface area (Å²) in [6.07, 6.45) is 2.93. The second kappa shape index (κ2) is 8.00. The Labute approximate surface area is 164 Å². The van der Waals surface area contributed by atoms with E-state index < -0.39 is 15.9 Å². The summed E-state index contributed by atoms with van der Waals surface area (Å²) < 4.78 is 34.1. The van der Waals surface area contributed by atoms with Crippen LogP contribution in [-0.2, 0) is 10.0 Å². The molecule has 0 saturated carbocycles. The lowest BCUT2D eigenvalue weighted by atomic mass is 9.98. The third-order valence-electron chi connectivity index (χ3n) is 4.77. The summed E-state index contributed by atoms with van der Waals surface area (Å²) in [5, 5.41) is 3.75. The Kier molecular flexibility index (Phi) is 5.85. The molecular formula is C19H26N4O4S. The molecule has 28 heavy (non-hydrogen) atoms. The molecule has 0 aromatic carbocycles. The normalized spacial score (nSPS) is 19.3. The van der Waals surface area contributed by atoms with E-state index in [9.17, 15) is 13.2 Å². The molecule has 1 aliphatic rings. The number of carbonyl (C=O) groups is 1. The maximum Gasteiger partial charge on any atom is 0.248 e. The summed E-state index contributed by atoms with van der Waals surface area (Å²) >= 11 is 0. The van der Waals surface area contributed by atoms with Crippen LogP contribution in [0.25, 0.3) is 0 Å². The zero-order valence-corrected chi connectivity index (χ0v) is 17.4. The van der Waals surface area contributed by atoms with Crippen molar-refractivity contribution in [3.63, 3.8) is 0 Å². The zero-order chi connectivity index (χ0) is 20.5. The summed E-state index contributed by atoms with van der Waals surface area (Å²) in [5.41, 5.74) is 0.912. The highest BCUT2D eigenvalue weighted by atomic mass is 32.2. The zero-order valence-electron chi connectivity index (χ0n) is 16.6. The average molecular weight is 407 g/mol. The minimum Gasteiger partial charge on any atom is -0.360 e. The molecule has 0 aliphatic carbocycles. The van der Waals surface area contributed by atoms with Gasteiger partial charge in [-0.1, -0.05) is 11.2 Å². The minimum atomic E-state index is -3.77. The Morgan fingerprint density at radius 3 is 2.71 bits per heavy atom. The lowest BCUT2D eigenvalue weighted by molar-refractivity contribution is 0.0778. The van der Waals surface area contributed by atoms with Crippen LogP contribution in [0.1, 0.15) is 42.9 Å². The summed E-state index contributed by atoms with van der Waals surface area (Å²) in [6, 6.07) is 5.45. The number of carbonyl (C=O) groups excluding carboxylic acids is 1. The third kappa shape index (κ3) is 3.95. The van der Waals surface area contributed by atoms with Crippen molar-refractivity contribution >= 4 is 15.9 Å². The van der Waals surface area contributed by atoms with Gasteiger partial charge in [-0.3, -0.25) is 14.4 Å². The molecule has 1 fully saturated rings. The molecule has 2 aromatic heterocycles. The first kappa shape index (κ1) is 20.5. The third-order valence-corrected chi connectivity index (χ3v) is 6.88. The maximum atomic E-state index is 13.1. The number of pyridine rings is 1. The van der Waals surface area contributed by atoms with E-state index in [0.29, 0.717) is 30.6 Å². The maximum absolute atomic E-state index is 13.1. The molecule has 1 unspecified atom stereocenters. The van der Waals surface area contributed by atoms with E-state index in [4.69, 9.17) is 4.52 Å². The van der Waals surface area contributed by atoms with E-state index in [1.807, 2.05) is 19.9 Å². The van der Waals surface area contributed by atoms with E-state index in [1.54, 1.807) is 32.2 Å². The summed E-state index contributed by atoms with van der Waals surface area (Å²) in [6.45, 7) is 7.59. The molecule has 0 radical (unpaired) electrons. The van der Waals surface area contributed by atoms with E-state index in [-0.39, 0.29) is 29.1 Å². The van der Waals surface area contributed by atoms with Crippen LogP contribution in [0.2, 0.25) is 0 Å². The van der Waals surface area contributed by atoms with Crippen molar-refractivity contribution in [2.75, 3.05) is 13.1 Å². The van der Waals surface area contributed by atoms with Crippen molar-refractivity contribution in [3.05, 3.63) is 41.3 Å². The van der Waals surface area contributed by atoms with Gasteiger partial charge < -0.3 is 4.52 Å². The smallest absolute Gasteiger partial charge is 0.248 e. The van der Waals surface area contributed by atoms with Gasteiger partial charge in [0.25, 0.3) is 0 Å². The van der Waals surface area contributed by atoms with E-state index in [0.717, 1.165) is 0 Å². The number of aryl methyl sites for hydroxylation is 2. The second-order valence-corrected chi connectivity index (χ2v) is 9.22. The van der Waals surface area contributed by atoms with Crippen LogP contribution >= 0.6 is 0 Å². The molecule has 3 heterocycles. The average Bonchev–Trinajstić information content (AvgIpc) is 3.00. The summed E-state index contributed by atoms with van der Waals surface area (Å²) in [5.74, 6) is -0.308. The molecule has 2 aromatic rings. The highest BCUT2D eigenvalue weighted by Gasteiger charge is 2.36. The first-order valence-electron chi connectivity index (χ1n) is 9.40. The van der Waals surface area contributed by atoms with Crippen LogP contribution in [0.15, 0.2) is 38.8 Å². The fourth-order valence-corrected chi connectivity index (χ4v) is 5.34. The Morgan fingerprint density at radius 2 is 2.07 bits per heavy atom. The lowest BCUT2D eigenvalue weighted by Gasteiger charge is -2.31. The van der Waals surface area contributed by atoms with Crippen molar-refractivity contribution in [1.29, 1.82) is 0 Å².